The van der Waals surface area contributed by atoms with Crippen LogP contribution in [0.3, 0.4) is 0 Å². The minimum atomic E-state index is -0.946. The lowest BCUT2D eigenvalue weighted by Gasteiger charge is -2.13. The molecule has 0 bridgehead atoms. The molecule has 0 spiro atoms. The fraction of sp³-hybridized carbons (Fsp3) is 0.150. The van der Waals surface area contributed by atoms with Crippen LogP contribution in [0, 0.1) is 18.6 Å². The molecule has 2 N–H and O–H groups in total. The molecule has 2 aromatic carbocycles. The summed E-state index contributed by atoms with van der Waals surface area (Å²) >= 11 is 0. The molecule has 1 heterocycles. The number of benzene rings is 2. The summed E-state index contributed by atoms with van der Waals surface area (Å²) in [6.07, 6.45) is 0. The number of halogens is 2. The molecule has 0 aliphatic rings. The Kier molecular flexibility index (Phi) is 4.75. The molecule has 0 aliphatic carbocycles. The zero-order chi connectivity index (χ0) is 18.8. The predicted molar refractivity (Wildman–Crippen MR) is 95.1 cm³/mol. The number of carbonyl (C=O) groups excluding carboxylic acids is 1. The van der Waals surface area contributed by atoms with E-state index in [1.165, 1.54) is 6.07 Å². The van der Waals surface area contributed by atoms with Gasteiger partial charge in [-0.1, -0.05) is 12.1 Å². The Labute approximate surface area is 149 Å². The molecule has 1 aromatic heterocycles. The van der Waals surface area contributed by atoms with Crippen LogP contribution in [-0.2, 0) is 6.54 Å². The van der Waals surface area contributed by atoms with Gasteiger partial charge in [-0.3, -0.25) is 4.79 Å². The van der Waals surface area contributed by atoms with Crippen LogP contribution in [0.1, 0.15) is 21.6 Å². The van der Waals surface area contributed by atoms with Crippen LogP contribution in [0.25, 0.3) is 11.3 Å². The molecule has 3 aromatic rings. The Hall–Kier alpha value is -3.15. The van der Waals surface area contributed by atoms with Crippen LogP contribution in [-0.4, -0.2) is 17.6 Å². The highest BCUT2D eigenvalue weighted by Crippen LogP contribution is 2.28. The number of hydrogen-bond acceptors (Lipinski definition) is 2. The van der Waals surface area contributed by atoms with Crippen molar-refractivity contribution in [1.82, 2.24) is 4.57 Å². The molecule has 0 fully saturated rings. The first-order valence-electron chi connectivity index (χ1n) is 7.99. The third kappa shape index (κ3) is 3.31. The van der Waals surface area contributed by atoms with Gasteiger partial charge in [0.2, 0.25) is 0 Å². The molecule has 0 aliphatic heterocycles. The molecule has 134 valence electrons. The van der Waals surface area contributed by atoms with Crippen molar-refractivity contribution >= 4 is 5.91 Å². The maximum Gasteiger partial charge on any atom is 0.250 e. The van der Waals surface area contributed by atoms with Gasteiger partial charge in [-0.25, -0.2) is 8.78 Å². The van der Waals surface area contributed by atoms with Crippen LogP contribution < -0.4 is 10.5 Å². The lowest BCUT2D eigenvalue weighted by molar-refractivity contribution is 0.0999. The van der Waals surface area contributed by atoms with Crippen molar-refractivity contribution < 1.29 is 18.3 Å². The number of rotatable bonds is 5. The van der Waals surface area contributed by atoms with Gasteiger partial charge in [0, 0.05) is 23.5 Å². The second-order valence-electron chi connectivity index (χ2n) is 5.96. The normalized spacial score (nSPS) is 10.8. The van der Waals surface area contributed by atoms with Gasteiger partial charge < -0.3 is 15.0 Å². The lowest BCUT2D eigenvalue weighted by atomic mass is 10.1. The van der Waals surface area contributed by atoms with E-state index in [-0.39, 0.29) is 0 Å². The molecule has 6 heteroatoms. The molecule has 0 atom stereocenters. The average molecular weight is 356 g/mol. The highest BCUT2D eigenvalue weighted by molar-refractivity contribution is 5.95. The van der Waals surface area contributed by atoms with Crippen LogP contribution in [0.15, 0.2) is 48.5 Å². The van der Waals surface area contributed by atoms with Crippen molar-refractivity contribution in [2.45, 2.75) is 13.5 Å². The maximum atomic E-state index is 13.7. The number of primary amides is 1. The second-order valence-corrected chi connectivity index (χ2v) is 5.96. The SMILES string of the molecule is COc1ccc(Cn2c(-c3ccc(F)c(F)c3)cc(C(N)=O)c2C)cc1. The van der Waals surface area contributed by atoms with Gasteiger partial charge in [0.1, 0.15) is 5.75 Å². The maximum absolute atomic E-state index is 13.7. The van der Waals surface area contributed by atoms with Gasteiger partial charge in [-0.2, -0.15) is 0 Å². The smallest absolute Gasteiger partial charge is 0.250 e. The summed E-state index contributed by atoms with van der Waals surface area (Å²) in [5, 5.41) is 0. The molecule has 0 saturated heterocycles. The summed E-state index contributed by atoms with van der Waals surface area (Å²) in [5.74, 6) is -1.71. The highest BCUT2D eigenvalue weighted by atomic mass is 19.2. The van der Waals surface area contributed by atoms with Gasteiger partial charge in [0.25, 0.3) is 5.91 Å². The number of ether oxygens (including phenoxy) is 1. The van der Waals surface area contributed by atoms with E-state index in [2.05, 4.69) is 0 Å². The Morgan fingerprint density at radius 2 is 1.77 bits per heavy atom. The largest absolute Gasteiger partial charge is 0.497 e. The fourth-order valence-corrected chi connectivity index (χ4v) is 2.91. The number of nitrogens with zero attached hydrogens (tertiary/aromatic N) is 1. The van der Waals surface area contributed by atoms with Gasteiger partial charge in [0.15, 0.2) is 11.6 Å². The van der Waals surface area contributed by atoms with Crippen molar-refractivity contribution in [3.63, 3.8) is 0 Å². The van der Waals surface area contributed by atoms with E-state index < -0.39 is 17.5 Å². The number of nitrogens with two attached hydrogens (primary N) is 1. The van der Waals surface area contributed by atoms with E-state index in [1.807, 2.05) is 28.8 Å². The fourth-order valence-electron chi connectivity index (χ4n) is 2.91. The van der Waals surface area contributed by atoms with E-state index in [4.69, 9.17) is 10.5 Å². The standard InChI is InChI=1S/C20H18F2N2O2/c1-12-16(20(23)25)10-19(14-5-8-17(21)18(22)9-14)24(12)11-13-3-6-15(26-2)7-4-13/h3-10H,11H2,1-2H3,(H2,23,25). The number of carbonyl (C=O) groups is 1. The van der Waals surface area contributed by atoms with Crippen molar-refractivity contribution in [3.05, 3.63) is 77.0 Å². The van der Waals surface area contributed by atoms with Crippen molar-refractivity contribution in [1.29, 1.82) is 0 Å². The van der Waals surface area contributed by atoms with Crippen molar-refractivity contribution in [3.8, 4) is 17.0 Å². The zero-order valence-electron chi connectivity index (χ0n) is 14.4. The first-order chi connectivity index (χ1) is 12.4. The first kappa shape index (κ1) is 17.7. The molecule has 0 saturated carbocycles. The van der Waals surface area contributed by atoms with E-state index in [9.17, 15) is 13.6 Å². The van der Waals surface area contributed by atoms with Crippen LogP contribution >= 0.6 is 0 Å². The first-order valence-corrected chi connectivity index (χ1v) is 7.99. The summed E-state index contributed by atoms with van der Waals surface area (Å²) in [7, 11) is 1.59. The van der Waals surface area contributed by atoms with E-state index in [1.54, 1.807) is 20.1 Å². The third-order valence-corrected chi connectivity index (χ3v) is 4.35. The predicted octanol–water partition coefficient (Wildman–Crippen LogP) is 3.90. The zero-order valence-corrected chi connectivity index (χ0v) is 14.4. The van der Waals surface area contributed by atoms with Crippen LogP contribution in [0.2, 0.25) is 0 Å². The molecule has 3 rings (SSSR count). The van der Waals surface area contributed by atoms with Gasteiger partial charge in [-0.15, -0.1) is 0 Å². The summed E-state index contributed by atoms with van der Waals surface area (Å²) in [5.41, 5.74) is 8.48. The van der Waals surface area contributed by atoms with Crippen molar-refractivity contribution in [2.75, 3.05) is 7.11 Å². The molecule has 4 nitrogen and oxygen atoms in total. The molecule has 26 heavy (non-hydrogen) atoms. The molecule has 0 unspecified atom stereocenters. The number of methoxy groups -OCH3 is 1. The van der Waals surface area contributed by atoms with Gasteiger partial charge in [-0.05, 0) is 48.9 Å². The molecular weight excluding hydrogens is 338 g/mol. The number of hydrogen-bond donors (Lipinski definition) is 1. The minimum Gasteiger partial charge on any atom is -0.497 e. The van der Waals surface area contributed by atoms with Gasteiger partial charge in [0.05, 0.1) is 12.7 Å². The third-order valence-electron chi connectivity index (χ3n) is 4.35. The number of amides is 1. The summed E-state index contributed by atoms with van der Waals surface area (Å²) in [6.45, 7) is 2.21. The van der Waals surface area contributed by atoms with Crippen molar-refractivity contribution in [2.24, 2.45) is 5.73 Å². The van der Waals surface area contributed by atoms with Crippen LogP contribution in [0.5, 0.6) is 5.75 Å². The topological polar surface area (TPSA) is 57.2 Å². The Balaban J connectivity index is 2.09. The minimum absolute atomic E-state index is 0.346. The average Bonchev–Trinajstić information content (AvgIpc) is 2.95. The van der Waals surface area contributed by atoms with E-state index in [0.29, 0.717) is 29.1 Å². The Bertz CT molecular complexity index is 963. The molecular formula is C20H18F2N2O2. The van der Waals surface area contributed by atoms with E-state index >= 15 is 0 Å². The highest BCUT2D eigenvalue weighted by Gasteiger charge is 2.18. The van der Waals surface area contributed by atoms with Gasteiger partial charge >= 0.3 is 0 Å². The quantitative estimate of drug-likeness (QED) is 0.754. The number of aromatic nitrogens is 1. The van der Waals surface area contributed by atoms with E-state index in [0.717, 1.165) is 23.4 Å². The summed E-state index contributed by atoms with van der Waals surface area (Å²) in [4.78, 5) is 11.7. The molecule has 0 radical (unpaired) electrons. The van der Waals surface area contributed by atoms with Crippen LogP contribution in [0.4, 0.5) is 8.78 Å². The summed E-state index contributed by atoms with van der Waals surface area (Å²) < 4.78 is 34.0. The monoisotopic (exact) mass is 356 g/mol. The Morgan fingerprint density at radius 3 is 2.35 bits per heavy atom. The molecule has 1 amide bonds. The Morgan fingerprint density at radius 1 is 1.08 bits per heavy atom. The summed E-state index contributed by atoms with van der Waals surface area (Å²) in [6, 6.07) is 12.7. The lowest BCUT2D eigenvalue weighted by Crippen LogP contribution is -2.12. The second kappa shape index (κ2) is 7.00.